The van der Waals surface area contributed by atoms with Crippen molar-refractivity contribution >= 4 is 11.9 Å². The van der Waals surface area contributed by atoms with Crippen molar-refractivity contribution < 1.29 is 39.3 Å². The van der Waals surface area contributed by atoms with Gasteiger partial charge in [0.1, 0.15) is 0 Å². The number of hydrogen-bond donors (Lipinski definition) is 2. The molecular weight excluding hydrogens is 191 g/mol. The van der Waals surface area contributed by atoms with E-state index in [1.807, 2.05) is 0 Å². The van der Waals surface area contributed by atoms with E-state index in [4.69, 9.17) is 10.8 Å². The van der Waals surface area contributed by atoms with Crippen LogP contribution in [0.3, 0.4) is 0 Å². The zero-order valence-corrected chi connectivity index (χ0v) is 8.21. The van der Waals surface area contributed by atoms with Crippen LogP contribution in [-0.4, -0.2) is 23.1 Å². The van der Waals surface area contributed by atoms with Crippen molar-refractivity contribution in [2.24, 2.45) is 5.73 Å². The molecule has 0 heterocycles. The molecule has 54 valence electrons. The zero-order valence-electron chi connectivity index (χ0n) is 5.24. The van der Waals surface area contributed by atoms with Crippen molar-refractivity contribution in [2.75, 3.05) is 0 Å². The summed E-state index contributed by atoms with van der Waals surface area (Å²) in [4.78, 5) is 19.5. The molecule has 0 amide bonds. The van der Waals surface area contributed by atoms with E-state index in [-0.39, 0.29) is 19.5 Å². The van der Waals surface area contributed by atoms with E-state index in [1.165, 1.54) is 0 Å². The first kappa shape index (κ1) is 12.2. The number of carbonyl (C=O) groups excluding carboxylic acids is 1. The summed E-state index contributed by atoms with van der Waals surface area (Å²) in [5, 5.41) is 17.7. The normalized spacial score (nSPS) is 11.3. The molecule has 0 saturated carbocycles. The minimum Gasteiger partial charge on any atom is -0.548 e. The molecule has 0 rings (SSSR count). The van der Waals surface area contributed by atoms with Gasteiger partial charge in [-0.05, 0) is 0 Å². The summed E-state index contributed by atoms with van der Waals surface area (Å²) in [7, 11) is 0. The van der Waals surface area contributed by atoms with Crippen LogP contribution >= 0.6 is 0 Å². The number of nitrogens with two attached hydrogens (primary N) is 1. The first-order valence-corrected chi connectivity index (χ1v) is 2.22. The number of carboxylic acids is 2. The van der Waals surface area contributed by atoms with Crippen molar-refractivity contribution in [3.05, 3.63) is 0 Å². The fourth-order valence-corrected chi connectivity index (χ4v) is 0.271. The maximum Gasteiger partial charge on any atom is 0.305 e. The van der Waals surface area contributed by atoms with E-state index >= 15 is 0 Å². The summed E-state index contributed by atoms with van der Waals surface area (Å²) in [6.45, 7) is 0. The Balaban J connectivity index is 0. The first-order chi connectivity index (χ1) is 4.04. The Labute approximate surface area is 70.0 Å². The molecule has 5 nitrogen and oxygen atoms in total. The second kappa shape index (κ2) is 5.32. The Morgan fingerprint density at radius 2 is 2.00 bits per heavy atom. The average molecular weight is 197 g/mol. The molecule has 0 fully saturated rings. The summed E-state index contributed by atoms with van der Waals surface area (Å²) in [5.74, 6) is -2.79. The smallest absolute Gasteiger partial charge is 0.305 e. The van der Waals surface area contributed by atoms with Crippen LogP contribution in [0.5, 0.6) is 0 Å². The van der Waals surface area contributed by atoms with E-state index in [0.717, 1.165) is 0 Å². The number of hydrogen-bond acceptors (Lipinski definition) is 4. The van der Waals surface area contributed by atoms with Gasteiger partial charge in [0, 0.05) is 19.5 Å². The van der Waals surface area contributed by atoms with Gasteiger partial charge in [-0.25, -0.2) is 0 Å². The van der Waals surface area contributed by atoms with Crippen molar-refractivity contribution in [1.29, 1.82) is 0 Å². The molecular formula is C4H6NO4Zn-. The average Bonchev–Trinajstić information content (AvgIpc) is 1.63. The third-order valence-corrected chi connectivity index (χ3v) is 0.697. The monoisotopic (exact) mass is 196 g/mol. The molecule has 0 radical (unpaired) electrons. The van der Waals surface area contributed by atoms with Crippen molar-refractivity contribution in [3.63, 3.8) is 0 Å². The SMILES string of the molecule is NC(CC(=O)O)C(=O)[O-].[Zn]. The fourth-order valence-electron chi connectivity index (χ4n) is 0.271. The topological polar surface area (TPSA) is 103 Å². The summed E-state index contributed by atoms with van der Waals surface area (Å²) in [6.07, 6.45) is -0.595. The molecule has 0 aromatic rings. The Morgan fingerprint density at radius 3 is 2.10 bits per heavy atom. The van der Waals surface area contributed by atoms with Crippen LogP contribution in [0.2, 0.25) is 0 Å². The quantitative estimate of drug-likeness (QED) is 0.488. The first-order valence-electron chi connectivity index (χ1n) is 2.22. The maximum atomic E-state index is 9.74. The predicted molar refractivity (Wildman–Crippen MR) is 25.2 cm³/mol. The molecule has 0 aliphatic heterocycles. The number of carboxylic acid groups (broad SMARTS) is 2. The molecule has 0 saturated heterocycles. The summed E-state index contributed by atoms with van der Waals surface area (Å²) >= 11 is 0. The van der Waals surface area contributed by atoms with Crippen LogP contribution in [0.4, 0.5) is 0 Å². The van der Waals surface area contributed by atoms with Crippen molar-refractivity contribution in [2.45, 2.75) is 12.5 Å². The molecule has 1 unspecified atom stereocenters. The van der Waals surface area contributed by atoms with Crippen LogP contribution in [0.25, 0.3) is 0 Å². The van der Waals surface area contributed by atoms with Crippen molar-refractivity contribution in [1.82, 2.24) is 0 Å². The third kappa shape index (κ3) is 5.66. The van der Waals surface area contributed by atoms with Crippen LogP contribution in [0.1, 0.15) is 6.42 Å². The van der Waals surface area contributed by atoms with Gasteiger partial charge >= 0.3 is 5.97 Å². The second-order valence-electron chi connectivity index (χ2n) is 1.52. The number of aliphatic carboxylic acids is 2. The Hall–Kier alpha value is -0.477. The van der Waals surface area contributed by atoms with E-state index in [9.17, 15) is 14.7 Å². The van der Waals surface area contributed by atoms with Gasteiger partial charge < -0.3 is 20.7 Å². The Bertz CT molecular complexity index is 137. The summed E-state index contributed by atoms with van der Waals surface area (Å²) in [6, 6.07) is -1.40. The number of rotatable bonds is 3. The zero-order chi connectivity index (χ0) is 7.44. The molecule has 3 N–H and O–H groups in total. The molecule has 1 atom stereocenters. The molecule has 0 aliphatic rings. The van der Waals surface area contributed by atoms with Crippen LogP contribution < -0.4 is 10.8 Å². The van der Waals surface area contributed by atoms with Gasteiger partial charge in [0.05, 0.1) is 18.4 Å². The summed E-state index contributed by atoms with van der Waals surface area (Å²) in [5.41, 5.74) is 4.77. The summed E-state index contributed by atoms with van der Waals surface area (Å²) < 4.78 is 0. The van der Waals surface area contributed by atoms with Gasteiger partial charge in [-0.15, -0.1) is 0 Å². The minimum absolute atomic E-state index is 0. The van der Waals surface area contributed by atoms with E-state index < -0.39 is 24.4 Å². The van der Waals surface area contributed by atoms with Crippen molar-refractivity contribution in [3.8, 4) is 0 Å². The van der Waals surface area contributed by atoms with Gasteiger partial charge in [-0.2, -0.15) is 0 Å². The number of carbonyl (C=O) groups is 2. The standard InChI is InChI=1S/C4H7NO4.Zn/c5-2(4(8)9)1-3(6)7;/h2H,1,5H2,(H,6,7)(H,8,9);/p-1. The van der Waals surface area contributed by atoms with Gasteiger partial charge in [0.15, 0.2) is 0 Å². The van der Waals surface area contributed by atoms with Gasteiger partial charge in [0.25, 0.3) is 0 Å². The van der Waals surface area contributed by atoms with Gasteiger partial charge in [-0.3, -0.25) is 4.79 Å². The molecule has 0 aromatic heterocycles. The molecule has 6 heteroatoms. The Kier molecular flexibility index (Phi) is 6.50. The molecule has 10 heavy (non-hydrogen) atoms. The van der Waals surface area contributed by atoms with Crippen LogP contribution in [-0.2, 0) is 29.1 Å². The van der Waals surface area contributed by atoms with Crippen LogP contribution in [0.15, 0.2) is 0 Å². The van der Waals surface area contributed by atoms with Gasteiger partial charge in [-0.1, -0.05) is 0 Å². The van der Waals surface area contributed by atoms with E-state index in [1.54, 1.807) is 0 Å². The van der Waals surface area contributed by atoms with Gasteiger partial charge in [0.2, 0.25) is 0 Å². The fraction of sp³-hybridized carbons (Fsp3) is 0.500. The maximum absolute atomic E-state index is 9.74. The molecule has 0 aliphatic carbocycles. The second-order valence-corrected chi connectivity index (χ2v) is 1.52. The molecule has 0 bridgehead atoms. The third-order valence-electron chi connectivity index (χ3n) is 0.697. The molecule has 0 spiro atoms. The predicted octanol–water partition coefficient (Wildman–Crippen LogP) is -2.46. The van der Waals surface area contributed by atoms with Crippen LogP contribution in [0, 0.1) is 0 Å². The van der Waals surface area contributed by atoms with E-state index in [0.29, 0.717) is 0 Å². The minimum atomic E-state index is -1.54. The Morgan fingerprint density at radius 1 is 1.60 bits per heavy atom. The largest absolute Gasteiger partial charge is 0.548 e. The molecule has 0 aromatic carbocycles. The van der Waals surface area contributed by atoms with E-state index in [2.05, 4.69) is 0 Å².